The first-order valence-corrected chi connectivity index (χ1v) is 4.89. The van der Waals surface area contributed by atoms with E-state index in [0.29, 0.717) is 0 Å². The maximum atomic E-state index is 12.1. The summed E-state index contributed by atoms with van der Waals surface area (Å²) < 4.78 is 78.7. The molecule has 0 bridgehead atoms. The molecule has 14 heavy (non-hydrogen) atoms. The summed E-state index contributed by atoms with van der Waals surface area (Å²) in [5.74, 6) is -4.57. The summed E-state index contributed by atoms with van der Waals surface area (Å²) in [5, 5.41) is 0. The lowest BCUT2D eigenvalue weighted by Gasteiger charge is -2.16. The Bertz CT molecular complexity index is 217. The molecule has 0 amide bonds. The molecule has 0 aromatic heterocycles. The van der Waals surface area contributed by atoms with Gasteiger partial charge in [-0.25, -0.2) is 17.0 Å². The Labute approximate surface area is 83.3 Å². The summed E-state index contributed by atoms with van der Waals surface area (Å²) in [6.45, 7) is -2.00. The van der Waals surface area contributed by atoms with Gasteiger partial charge in [-0.15, -0.1) is 0 Å². The number of phosphoric acid groups is 1. The zero-order chi connectivity index (χ0) is 11.4. The third-order valence-electron chi connectivity index (χ3n) is 0.903. The Morgan fingerprint density at radius 1 is 1.43 bits per heavy atom. The molecule has 1 atom stereocenters. The van der Waals surface area contributed by atoms with Crippen LogP contribution in [-0.4, -0.2) is 19.0 Å². The van der Waals surface area contributed by atoms with Gasteiger partial charge in [0, 0.05) is 0 Å². The fourth-order valence-corrected chi connectivity index (χ4v) is 1.09. The molecular weight excluding hydrogens is 306 g/mol. The molecule has 86 valence electrons. The number of hydrogen-bond acceptors (Lipinski definition) is 4. The average Bonchev–Trinajstić information content (AvgIpc) is 2.14. The standard InChI is InChI=1S/C3H3BrF5O4P/c4-12-14(10,13-9)11-1-3(7,8)2(5)6/h2H,1H2. The molecule has 0 aliphatic carbocycles. The minimum atomic E-state index is -4.88. The number of halogens is 6. The third kappa shape index (κ3) is 4.18. The molecule has 0 saturated heterocycles. The van der Waals surface area contributed by atoms with Gasteiger partial charge >= 0.3 is 20.2 Å². The number of alkyl halides is 4. The first kappa shape index (κ1) is 14.2. The van der Waals surface area contributed by atoms with Crippen LogP contribution < -0.4 is 0 Å². The molecule has 0 aromatic carbocycles. The van der Waals surface area contributed by atoms with Gasteiger partial charge in [0.2, 0.25) is 0 Å². The fourth-order valence-electron chi connectivity index (χ4n) is 0.279. The van der Waals surface area contributed by atoms with Crippen LogP contribution in [0.4, 0.5) is 22.1 Å². The van der Waals surface area contributed by atoms with Crippen LogP contribution >= 0.6 is 24.1 Å². The van der Waals surface area contributed by atoms with E-state index in [4.69, 9.17) is 0 Å². The van der Waals surface area contributed by atoms with Crippen LogP contribution in [0.25, 0.3) is 0 Å². The molecule has 0 radical (unpaired) electrons. The SMILES string of the molecule is O=P(OF)(OBr)OCC(F)(F)C(F)F. The van der Waals surface area contributed by atoms with Crippen LogP contribution in [-0.2, 0) is 17.4 Å². The molecule has 4 nitrogen and oxygen atoms in total. The summed E-state index contributed by atoms with van der Waals surface area (Å²) in [7, 11) is -4.88. The first-order chi connectivity index (χ1) is 6.27. The van der Waals surface area contributed by atoms with Crippen molar-refractivity contribution in [2.24, 2.45) is 0 Å². The predicted octanol–water partition coefficient (Wildman–Crippen LogP) is 3.24. The van der Waals surface area contributed by atoms with Crippen LogP contribution in [0.5, 0.6) is 0 Å². The van der Waals surface area contributed by atoms with Crippen LogP contribution in [0.15, 0.2) is 0 Å². The minimum Gasteiger partial charge on any atom is -0.278 e. The van der Waals surface area contributed by atoms with Gasteiger partial charge in [0.15, 0.2) is 0 Å². The van der Waals surface area contributed by atoms with E-state index in [1.54, 1.807) is 0 Å². The highest BCUT2D eigenvalue weighted by molar-refractivity contribution is 9.06. The van der Waals surface area contributed by atoms with Crippen molar-refractivity contribution in [2.75, 3.05) is 6.61 Å². The van der Waals surface area contributed by atoms with Gasteiger partial charge in [-0.3, -0.25) is 4.52 Å². The summed E-state index contributed by atoms with van der Waals surface area (Å²) >= 11 is 1.95. The van der Waals surface area contributed by atoms with E-state index >= 15 is 0 Å². The maximum Gasteiger partial charge on any atom is 0.517 e. The number of hydrogen-bond donors (Lipinski definition) is 0. The van der Waals surface area contributed by atoms with E-state index in [2.05, 4.69) is 12.9 Å². The highest BCUT2D eigenvalue weighted by Gasteiger charge is 2.44. The lowest BCUT2D eigenvalue weighted by Crippen LogP contribution is -2.31. The van der Waals surface area contributed by atoms with Crippen LogP contribution in [0.3, 0.4) is 0 Å². The molecule has 0 spiro atoms. The molecule has 0 heterocycles. The Morgan fingerprint density at radius 3 is 2.21 bits per heavy atom. The molecular formula is C3H3BrF5O4P. The van der Waals surface area contributed by atoms with E-state index in [1.807, 2.05) is 16.3 Å². The van der Waals surface area contributed by atoms with Crippen molar-refractivity contribution >= 4 is 24.1 Å². The second kappa shape index (κ2) is 5.36. The zero-order valence-corrected chi connectivity index (χ0v) is 8.61. The van der Waals surface area contributed by atoms with Crippen molar-refractivity contribution in [1.29, 1.82) is 0 Å². The average molecular weight is 309 g/mol. The van der Waals surface area contributed by atoms with Gasteiger partial charge in [-0.2, -0.15) is 8.78 Å². The number of rotatable bonds is 6. The molecule has 0 aromatic rings. The van der Waals surface area contributed by atoms with Gasteiger partial charge in [-0.05, 0) is 4.53 Å². The molecule has 0 rings (SSSR count). The van der Waals surface area contributed by atoms with E-state index in [0.717, 1.165) is 0 Å². The largest absolute Gasteiger partial charge is 0.517 e. The van der Waals surface area contributed by atoms with E-state index in [9.17, 15) is 26.7 Å². The molecule has 0 saturated carbocycles. The smallest absolute Gasteiger partial charge is 0.278 e. The van der Waals surface area contributed by atoms with Gasteiger partial charge in [0.1, 0.15) is 22.9 Å². The van der Waals surface area contributed by atoms with Crippen LogP contribution in [0.2, 0.25) is 0 Å². The highest BCUT2D eigenvalue weighted by Crippen LogP contribution is 2.52. The van der Waals surface area contributed by atoms with Crippen molar-refractivity contribution in [3.63, 3.8) is 0 Å². The molecule has 0 N–H and O–H groups in total. The van der Waals surface area contributed by atoms with Gasteiger partial charge < -0.3 is 0 Å². The van der Waals surface area contributed by atoms with Crippen molar-refractivity contribution < 1.29 is 39.5 Å². The Balaban J connectivity index is 4.24. The summed E-state index contributed by atoms with van der Waals surface area (Å²) in [6, 6.07) is 0. The Morgan fingerprint density at radius 2 is 1.93 bits per heavy atom. The maximum absolute atomic E-state index is 12.1. The van der Waals surface area contributed by atoms with Crippen LogP contribution in [0.1, 0.15) is 0 Å². The lowest BCUT2D eigenvalue weighted by molar-refractivity contribution is -0.155. The zero-order valence-electron chi connectivity index (χ0n) is 6.13. The normalized spacial score (nSPS) is 17.1. The topological polar surface area (TPSA) is 44.8 Å². The summed E-state index contributed by atoms with van der Waals surface area (Å²) in [6.07, 6.45) is -4.04. The van der Waals surface area contributed by atoms with Crippen LogP contribution in [0, 0.1) is 0 Å². The van der Waals surface area contributed by atoms with Gasteiger partial charge in [-0.1, -0.05) is 4.73 Å². The van der Waals surface area contributed by atoms with Crippen molar-refractivity contribution in [3.05, 3.63) is 0 Å². The lowest BCUT2D eigenvalue weighted by atomic mass is 10.4. The minimum absolute atomic E-state index is 1.95. The second-order valence-electron chi connectivity index (χ2n) is 1.92. The Hall–Kier alpha value is 0.240. The summed E-state index contributed by atoms with van der Waals surface area (Å²) in [4.78, 5) is 0. The molecule has 0 fully saturated rings. The van der Waals surface area contributed by atoms with Crippen molar-refractivity contribution in [2.45, 2.75) is 12.3 Å². The highest BCUT2D eigenvalue weighted by atomic mass is 79.9. The third-order valence-corrected chi connectivity index (χ3v) is 2.75. The monoisotopic (exact) mass is 308 g/mol. The molecule has 0 aliphatic heterocycles. The van der Waals surface area contributed by atoms with Crippen molar-refractivity contribution in [3.8, 4) is 0 Å². The second-order valence-corrected chi connectivity index (χ2v) is 4.22. The predicted molar refractivity (Wildman–Crippen MR) is 36.7 cm³/mol. The van der Waals surface area contributed by atoms with E-state index in [1.165, 1.54) is 0 Å². The molecule has 0 aliphatic rings. The first-order valence-electron chi connectivity index (χ1n) is 2.78. The summed E-state index contributed by atoms with van der Waals surface area (Å²) in [5.41, 5.74) is 0. The van der Waals surface area contributed by atoms with Gasteiger partial charge in [0.25, 0.3) is 0 Å². The quantitative estimate of drug-likeness (QED) is 0.558. The van der Waals surface area contributed by atoms with E-state index in [-0.39, 0.29) is 0 Å². The fraction of sp³-hybridized carbons (Fsp3) is 1.00. The molecule has 11 heteroatoms. The van der Waals surface area contributed by atoms with Gasteiger partial charge in [0.05, 0.1) is 0 Å². The van der Waals surface area contributed by atoms with E-state index < -0.39 is 26.8 Å². The Kier molecular flexibility index (Phi) is 5.45. The van der Waals surface area contributed by atoms with Crippen molar-refractivity contribution in [1.82, 2.24) is 0 Å². The molecule has 1 unspecified atom stereocenters.